The van der Waals surface area contributed by atoms with Gasteiger partial charge in [0.25, 0.3) is 5.91 Å². The van der Waals surface area contributed by atoms with Crippen LogP contribution in [0.4, 0.5) is 5.69 Å². The molecule has 0 aliphatic rings. The largest absolute Gasteiger partial charge is 0.506 e. The standard InChI is InChI=1S/C18H16N2O4/c1-11-3-8-16(21)14(9-11)19-18(22)15-10-17(24-20-15)12-4-6-13(23-2)7-5-12/h3-10,21H,1-2H3,(H,19,22). The Kier molecular flexibility index (Phi) is 4.20. The summed E-state index contributed by atoms with van der Waals surface area (Å²) in [5.41, 5.74) is 2.15. The van der Waals surface area contributed by atoms with E-state index in [2.05, 4.69) is 10.5 Å². The van der Waals surface area contributed by atoms with Crippen molar-refractivity contribution in [1.29, 1.82) is 0 Å². The lowest BCUT2D eigenvalue weighted by molar-refractivity contribution is 0.101. The summed E-state index contributed by atoms with van der Waals surface area (Å²) in [5, 5.41) is 16.2. The van der Waals surface area contributed by atoms with Crippen LogP contribution in [0.5, 0.6) is 11.5 Å². The quantitative estimate of drug-likeness (QED) is 0.716. The van der Waals surface area contributed by atoms with Crippen molar-refractivity contribution in [2.75, 3.05) is 12.4 Å². The molecule has 2 N–H and O–H groups in total. The van der Waals surface area contributed by atoms with Gasteiger partial charge in [0.05, 0.1) is 12.8 Å². The van der Waals surface area contributed by atoms with E-state index in [1.165, 1.54) is 6.07 Å². The van der Waals surface area contributed by atoms with Crippen LogP contribution in [-0.2, 0) is 0 Å². The third-order valence-electron chi connectivity index (χ3n) is 3.52. The van der Waals surface area contributed by atoms with Crippen molar-refractivity contribution < 1.29 is 19.2 Å². The van der Waals surface area contributed by atoms with Gasteiger partial charge in [0.1, 0.15) is 11.5 Å². The van der Waals surface area contributed by atoms with E-state index in [1.807, 2.05) is 19.1 Å². The number of aryl methyl sites for hydroxylation is 1. The van der Waals surface area contributed by atoms with Gasteiger partial charge >= 0.3 is 0 Å². The number of phenolic OH excluding ortho intramolecular Hbond substituents is 1. The summed E-state index contributed by atoms with van der Waals surface area (Å²) < 4.78 is 10.3. The molecule has 0 radical (unpaired) electrons. The highest BCUT2D eigenvalue weighted by molar-refractivity contribution is 6.04. The first-order chi connectivity index (χ1) is 11.6. The van der Waals surface area contributed by atoms with Crippen molar-refractivity contribution in [3.63, 3.8) is 0 Å². The Balaban J connectivity index is 1.79. The minimum Gasteiger partial charge on any atom is -0.506 e. The monoisotopic (exact) mass is 324 g/mol. The van der Waals surface area contributed by atoms with Crippen LogP contribution in [0.25, 0.3) is 11.3 Å². The van der Waals surface area contributed by atoms with E-state index < -0.39 is 5.91 Å². The molecule has 3 aromatic rings. The summed E-state index contributed by atoms with van der Waals surface area (Å²) >= 11 is 0. The topological polar surface area (TPSA) is 84.6 Å². The van der Waals surface area contributed by atoms with E-state index in [-0.39, 0.29) is 11.4 Å². The number of hydrogen-bond acceptors (Lipinski definition) is 5. The highest BCUT2D eigenvalue weighted by atomic mass is 16.5. The molecule has 6 heteroatoms. The smallest absolute Gasteiger partial charge is 0.277 e. The molecular formula is C18H16N2O4. The molecule has 0 spiro atoms. The summed E-state index contributed by atoms with van der Waals surface area (Å²) in [6.07, 6.45) is 0. The molecule has 0 aliphatic heterocycles. The van der Waals surface area contributed by atoms with Gasteiger partial charge in [0.15, 0.2) is 11.5 Å². The zero-order valence-corrected chi connectivity index (χ0v) is 13.2. The predicted molar refractivity (Wildman–Crippen MR) is 89.3 cm³/mol. The fourth-order valence-electron chi connectivity index (χ4n) is 2.21. The molecule has 2 aromatic carbocycles. The average Bonchev–Trinajstić information content (AvgIpc) is 3.08. The van der Waals surface area contributed by atoms with Crippen LogP contribution < -0.4 is 10.1 Å². The molecule has 6 nitrogen and oxygen atoms in total. The van der Waals surface area contributed by atoms with Crippen molar-refractivity contribution in [3.8, 4) is 22.8 Å². The maximum atomic E-state index is 12.3. The van der Waals surface area contributed by atoms with Crippen molar-refractivity contribution in [1.82, 2.24) is 5.16 Å². The van der Waals surface area contributed by atoms with Crippen LogP contribution in [0.1, 0.15) is 16.1 Å². The summed E-state index contributed by atoms with van der Waals surface area (Å²) in [6, 6.07) is 13.7. The first kappa shape index (κ1) is 15.6. The highest BCUT2D eigenvalue weighted by Crippen LogP contribution is 2.26. The van der Waals surface area contributed by atoms with Gasteiger partial charge in [-0.15, -0.1) is 0 Å². The van der Waals surface area contributed by atoms with Crippen LogP contribution in [0.15, 0.2) is 53.1 Å². The molecule has 0 saturated heterocycles. The fraction of sp³-hybridized carbons (Fsp3) is 0.111. The number of methoxy groups -OCH3 is 1. The Morgan fingerprint density at radius 3 is 2.62 bits per heavy atom. The molecule has 24 heavy (non-hydrogen) atoms. The SMILES string of the molecule is COc1ccc(-c2cc(C(=O)Nc3cc(C)ccc3O)no2)cc1. The number of benzene rings is 2. The van der Waals surface area contributed by atoms with Crippen LogP contribution in [0.2, 0.25) is 0 Å². The number of rotatable bonds is 4. The van der Waals surface area contributed by atoms with E-state index in [1.54, 1.807) is 37.4 Å². The van der Waals surface area contributed by atoms with Gasteiger partial charge in [-0.05, 0) is 48.9 Å². The van der Waals surface area contributed by atoms with E-state index in [0.29, 0.717) is 11.4 Å². The van der Waals surface area contributed by atoms with Gasteiger partial charge < -0.3 is 19.7 Å². The zero-order valence-electron chi connectivity index (χ0n) is 13.2. The van der Waals surface area contributed by atoms with Gasteiger partial charge in [-0.2, -0.15) is 0 Å². The summed E-state index contributed by atoms with van der Waals surface area (Å²) in [7, 11) is 1.59. The van der Waals surface area contributed by atoms with Crippen molar-refractivity contribution in [2.24, 2.45) is 0 Å². The van der Waals surface area contributed by atoms with Crippen molar-refractivity contribution >= 4 is 11.6 Å². The Bertz CT molecular complexity index is 869. The van der Waals surface area contributed by atoms with E-state index in [0.717, 1.165) is 16.9 Å². The molecule has 0 saturated carbocycles. The molecular weight excluding hydrogens is 308 g/mol. The van der Waals surface area contributed by atoms with Crippen LogP contribution in [-0.4, -0.2) is 23.3 Å². The maximum absolute atomic E-state index is 12.3. The molecule has 3 rings (SSSR count). The molecule has 122 valence electrons. The second-order valence-corrected chi connectivity index (χ2v) is 5.28. The third-order valence-corrected chi connectivity index (χ3v) is 3.52. The van der Waals surface area contributed by atoms with Crippen LogP contribution in [0.3, 0.4) is 0 Å². The van der Waals surface area contributed by atoms with Gasteiger partial charge in [0, 0.05) is 11.6 Å². The van der Waals surface area contributed by atoms with Gasteiger partial charge in [-0.25, -0.2) is 0 Å². The molecule has 1 heterocycles. The number of nitrogens with zero attached hydrogens (tertiary/aromatic N) is 1. The number of hydrogen-bond donors (Lipinski definition) is 2. The highest BCUT2D eigenvalue weighted by Gasteiger charge is 2.15. The lowest BCUT2D eigenvalue weighted by Crippen LogP contribution is -2.12. The number of ether oxygens (including phenoxy) is 1. The minimum absolute atomic E-state index is 0.00665. The number of carbonyl (C=O) groups is 1. The first-order valence-electron chi connectivity index (χ1n) is 7.29. The average molecular weight is 324 g/mol. The number of anilines is 1. The molecule has 0 atom stereocenters. The first-order valence-corrected chi connectivity index (χ1v) is 7.29. The Morgan fingerprint density at radius 1 is 1.17 bits per heavy atom. The maximum Gasteiger partial charge on any atom is 0.277 e. The molecule has 0 aliphatic carbocycles. The van der Waals surface area contributed by atoms with Crippen LogP contribution >= 0.6 is 0 Å². The lowest BCUT2D eigenvalue weighted by Gasteiger charge is -2.06. The Labute approximate surface area is 138 Å². The zero-order chi connectivity index (χ0) is 17.1. The number of aromatic nitrogens is 1. The lowest BCUT2D eigenvalue weighted by atomic mass is 10.1. The van der Waals surface area contributed by atoms with E-state index >= 15 is 0 Å². The van der Waals surface area contributed by atoms with Crippen molar-refractivity contribution in [3.05, 3.63) is 59.8 Å². The predicted octanol–water partition coefficient (Wildman–Crippen LogP) is 3.62. The number of amides is 1. The van der Waals surface area contributed by atoms with Crippen LogP contribution in [0, 0.1) is 6.92 Å². The van der Waals surface area contributed by atoms with E-state index in [4.69, 9.17) is 9.26 Å². The van der Waals surface area contributed by atoms with Gasteiger partial charge in [-0.3, -0.25) is 4.79 Å². The number of nitrogens with one attached hydrogen (secondary N) is 1. The normalized spacial score (nSPS) is 10.4. The minimum atomic E-state index is -0.459. The molecule has 0 bridgehead atoms. The summed E-state index contributed by atoms with van der Waals surface area (Å²) in [6.45, 7) is 1.87. The second kappa shape index (κ2) is 6.45. The number of carbonyl (C=O) groups excluding carboxylic acids is 1. The fourth-order valence-corrected chi connectivity index (χ4v) is 2.21. The third kappa shape index (κ3) is 3.22. The summed E-state index contributed by atoms with van der Waals surface area (Å²) in [4.78, 5) is 12.3. The number of phenols is 1. The Morgan fingerprint density at radius 2 is 1.92 bits per heavy atom. The summed E-state index contributed by atoms with van der Waals surface area (Å²) in [5.74, 6) is 0.731. The van der Waals surface area contributed by atoms with Crippen molar-refractivity contribution in [2.45, 2.75) is 6.92 Å². The number of aromatic hydroxyl groups is 1. The van der Waals surface area contributed by atoms with Gasteiger partial charge in [0.2, 0.25) is 0 Å². The molecule has 1 amide bonds. The second-order valence-electron chi connectivity index (χ2n) is 5.28. The van der Waals surface area contributed by atoms with Gasteiger partial charge in [-0.1, -0.05) is 11.2 Å². The molecule has 1 aromatic heterocycles. The molecule has 0 unspecified atom stereocenters. The molecule has 0 fully saturated rings. The Hall–Kier alpha value is -3.28. The van der Waals surface area contributed by atoms with E-state index in [9.17, 15) is 9.90 Å².